The largest absolute Gasteiger partial charge is 0.494 e. The SMILES string of the molecule is CCCOc1ccc(N(CC(=O)Nc2cccc(C(=O)OC)c2C)S(C)(=O)=O)cc1. The lowest BCUT2D eigenvalue weighted by atomic mass is 10.1. The van der Waals surface area contributed by atoms with Gasteiger partial charge < -0.3 is 14.8 Å². The lowest BCUT2D eigenvalue weighted by Gasteiger charge is -2.22. The normalized spacial score (nSPS) is 10.9. The molecule has 0 atom stereocenters. The van der Waals surface area contributed by atoms with Crippen molar-refractivity contribution in [2.75, 3.05) is 36.1 Å². The zero-order valence-corrected chi connectivity index (χ0v) is 18.3. The molecule has 9 heteroatoms. The molecule has 0 heterocycles. The molecule has 2 rings (SSSR count). The van der Waals surface area contributed by atoms with Crippen molar-refractivity contribution in [2.45, 2.75) is 20.3 Å². The molecule has 0 unspecified atom stereocenters. The average Bonchev–Trinajstić information content (AvgIpc) is 2.71. The van der Waals surface area contributed by atoms with Crippen LogP contribution in [0, 0.1) is 6.92 Å². The van der Waals surface area contributed by atoms with Gasteiger partial charge in [0.25, 0.3) is 0 Å². The molecule has 0 aliphatic carbocycles. The number of esters is 1. The number of carbonyl (C=O) groups excluding carboxylic acids is 2. The zero-order valence-electron chi connectivity index (χ0n) is 17.5. The van der Waals surface area contributed by atoms with Gasteiger partial charge in [-0.3, -0.25) is 9.10 Å². The monoisotopic (exact) mass is 434 g/mol. The standard InChI is InChI=1S/C21H26N2O6S/c1-5-13-29-17-11-9-16(10-12-17)23(30(4,26)27)14-20(24)22-19-8-6-7-18(15(19)2)21(25)28-3/h6-12H,5,13-14H2,1-4H3,(H,22,24). The number of benzene rings is 2. The average molecular weight is 435 g/mol. The van der Waals surface area contributed by atoms with Crippen molar-refractivity contribution in [3.8, 4) is 5.75 Å². The third-order valence-electron chi connectivity index (χ3n) is 4.30. The van der Waals surface area contributed by atoms with Crippen LogP contribution in [0.25, 0.3) is 0 Å². The number of hydrogen-bond donors (Lipinski definition) is 1. The molecular weight excluding hydrogens is 408 g/mol. The van der Waals surface area contributed by atoms with Crippen molar-refractivity contribution in [3.63, 3.8) is 0 Å². The van der Waals surface area contributed by atoms with E-state index >= 15 is 0 Å². The number of nitrogens with one attached hydrogen (secondary N) is 1. The maximum atomic E-state index is 12.6. The topological polar surface area (TPSA) is 102 Å². The summed E-state index contributed by atoms with van der Waals surface area (Å²) in [5, 5.41) is 2.66. The minimum Gasteiger partial charge on any atom is -0.494 e. The molecule has 2 aromatic rings. The highest BCUT2D eigenvalue weighted by Crippen LogP contribution is 2.23. The fraction of sp³-hybridized carbons (Fsp3) is 0.333. The van der Waals surface area contributed by atoms with Gasteiger partial charge in [-0.15, -0.1) is 0 Å². The Labute approximate surface area is 176 Å². The molecule has 0 fully saturated rings. The third-order valence-corrected chi connectivity index (χ3v) is 5.44. The molecule has 162 valence electrons. The Morgan fingerprint density at radius 1 is 1.10 bits per heavy atom. The second-order valence-electron chi connectivity index (χ2n) is 6.63. The van der Waals surface area contributed by atoms with Gasteiger partial charge in [-0.2, -0.15) is 0 Å². The molecular formula is C21H26N2O6S. The summed E-state index contributed by atoms with van der Waals surface area (Å²) in [7, 11) is -2.44. The maximum absolute atomic E-state index is 12.6. The maximum Gasteiger partial charge on any atom is 0.338 e. The molecule has 2 aromatic carbocycles. The zero-order chi connectivity index (χ0) is 22.3. The van der Waals surface area contributed by atoms with E-state index in [4.69, 9.17) is 9.47 Å². The van der Waals surface area contributed by atoms with Gasteiger partial charge in [0, 0.05) is 5.69 Å². The molecule has 30 heavy (non-hydrogen) atoms. The molecule has 0 saturated heterocycles. The number of carbonyl (C=O) groups is 2. The summed E-state index contributed by atoms with van der Waals surface area (Å²) in [6, 6.07) is 11.3. The first kappa shape index (κ1) is 23.2. The summed E-state index contributed by atoms with van der Waals surface area (Å²) >= 11 is 0. The fourth-order valence-electron chi connectivity index (χ4n) is 2.75. The minimum atomic E-state index is -3.71. The van der Waals surface area contributed by atoms with Crippen LogP contribution in [0.15, 0.2) is 42.5 Å². The number of amides is 1. The predicted octanol–water partition coefficient (Wildman–Crippen LogP) is 2.98. The van der Waals surface area contributed by atoms with E-state index in [2.05, 4.69) is 5.32 Å². The van der Waals surface area contributed by atoms with E-state index in [1.165, 1.54) is 7.11 Å². The van der Waals surface area contributed by atoms with E-state index in [-0.39, 0.29) is 0 Å². The van der Waals surface area contributed by atoms with E-state index in [0.717, 1.165) is 17.0 Å². The van der Waals surface area contributed by atoms with E-state index in [0.29, 0.717) is 34.9 Å². The summed E-state index contributed by atoms with van der Waals surface area (Å²) < 4.78 is 35.8. The molecule has 0 aliphatic heterocycles. The summed E-state index contributed by atoms with van der Waals surface area (Å²) in [6.07, 6.45) is 1.89. The fourth-order valence-corrected chi connectivity index (χ4v) is 3.61. The summed E-state index contributed by atoms with van der Waals surface area (Å²) in [6.45, 7) is 3.80. The number of nitrogens with zero attached hydrogens (tertiary/aromatic N) is 1. The quantitative estimate of drug-likeness (QED) is 0.609. The highest BCUT2D eigenvalue weighted by molar-refractivity contribution is 7.92. The van der Waals surface area contributed by atoms with Gasteiger partial charge in [0.1, 0.15) is 12.3 Å². The van der Waals surface area contributed by atoms with E-state index in [1.807, 2.05) is 6.92 Å². The molecule has 0 aromatic heterocycles. The Morgan fingerprint density at radius 3 is 2.33 bits per heavy atom. The Hall–Kier alpha value is -3.07. The van der Waals surface area contributed by atoms with Gasteiger partial charge in [0.2, 0.25) is 15.9 Å². The summed E-state index contributed by atoms with van der Waals surface area (Å²) in [4.78, 5) is 24.4. The van der Waals surface area contributed by atoms with Crippen LogP contribution < -0.4 is 14.4 Å². The molecule has 0 radical (unpaired) electrons. The van der Waals surface area contributed by atoms with Crippen LogP contribution in [0.1, 0.15) is 29.3 Å². The minimum absolute atomic E-state index is 0.318. The molecule has 0 saturated carbocycles. The van der Waals surface area contributed by atoms with Crippen LogP contribution >= 0.6 is 0 Å². The number of anilines is 2. The summed E-state index contributed by atoms with van der Waals surface area (Å²) in [5.74, 6) is -0.447. The Morgan fingerprint density at radius 2 is 1.77 bits per heavy atom. The molecule has 8 nitrogen and oxygen atoms in total. The summed E-state index contributed by atoms with van der Waals surface area (Å²) in [5.41, 5.74) is 1.59. The van der Waals surface area contributed by atoms with Gasteiger partial charge in [0.05, 0.1) is 31.2 Å². The van der Waals surface area contributed by atoms with Crippen molar-refractivity contribution in [2.24, 2.45) is 0 Å². The Kier molecular flexibility index (Phi) is 7.82. The first-order valence-electron chi connectivity index (χ1n) is 9.35. The Balaban J connectivity index is 2.20. The van der Waals surface area contributed by atoms with Crippen molar-refractivity contribution in [3.05, 3.63) is 53.6 Å². The smallest absolute Gasteiger partial charge is 0.338 e. The second-order valence-corrected chi connectivity index (χ2v) is 8.54. The molecule has 0 bridgehead atoms. The number of sulfonamides is 1. The van der Waals surface area contributed by atoms with Crippen molar-refractivity contribution >= 4 is 33.3 Å². The lowest BCUT2D eigenvalue weighted by Crippen LogP contribution is -2.37. The van der Waals surface area contributed by atoms with Crippen molar-refractivity contribution in [1.82, 2.24) is 0 Å². The molecule has 0 spiro atoms. The highest BCUT2D eigenvalue weighted by Gasteiger charge is 2.22. The third kappa shape index (κ3) is 5.96. The lowest BCUT2D eigenvalue weighted by molar-refractivity contribution is -0.114. The Bertz CT molecular complexity index is 1000. The van der Waals surface area contributed by atoms with Crippen LogP contribution in [0.4, 0.5) is 11.4 Å². The van der Waals surface area contributed by atoms with Crippen LogP contribution in [0.3, 0.4) is 0 Å². The van der Waals surface area contributed by atoms with Gasteiger partial charge in [-0.05, 0) is 55.3 Å². The van der Waals surface area contributed by atoms with E-state index in [9.17, 15) is 18.0 Å². The number of hydrogen-bond acceptors (Lipinski definition) is 6. The van der Waals surface area contributed by atoms with Crippen LogP contribution in [-0.2, 0) is 19.6 Å². The number of rotatable bonds is 9. The van der Waals surface area contributed by atoms with Gasteiger partial charge in [-0.25, -0.2) is 13.2 Å². The van der Waals surface area contributed by atoms with Crippen LogP contribution in [0.5, 0.6) is 5.75 Å². The second kappa shape index (κ2) is 10.1. The number of ether oxygens (including phenoxy) is 2. The molecule has 1 amide bonds. The molecule has 1 N–H and O–H groups in total. The van der Waals surface area contributed by atoms with Crippen molar-refractivity contribution in [1.29, 1.82) is 0 Å². The van der Waals surface area contributed by atoms with E-state index in [1.54, 1.807) is 49.4 Å². The van der Waals surface area contributed by atoms with E-state index < -0.39 is 28.4 Å². The van der Waals surface area contributed by atoms with Gasteiger partial charge in [0.15, 0.2) is 0 Å². The number of methoxy groups -OCH3 is 1. The van der Waals surface area contributed by atoms with Crippen molar-refractivity contribution < 1.29 is 27.5 Å². The first-order chi connectivity index (χ1) is 14.2. The van der Waals surface area contributed by atoms with Crippen LogP contribution in [0.2, 0.25) is 0 Å². The molecule has 0 aliphatic rings. The highest BCUT2D eigenvalue weighted by atomic mass is 32.2. The predicted molar refractivity (Wildman–Crippen MR) is 116 cm³/mol. The van der Waals surface area contributed by atoms with Gasteiger partial charge >= 0.3 is 5.97 Å². The van der Waals surface area contributed by atoms with Gasteiger partial charge in [-0.1, -0.05) is 13.0 Å². The first-order valence-corrected chi connectivity index (χ1v) is 11.2. The van der Waals surface area contributed by atoms with Crippen LogP contribution in [-0.4, -0.2) is 46.8 Å².